The monoisotopic (exact) mass is 560 g/mol. The largest absolute Gasteiger partial charge is 0.506 e. The molecule has 1 spiro atoms. The number of aliphatic carboxylic acids is 1. The van der Waals surface area contributed by atoms with Crippen LogP contribution < -0.4 is 9.47 Å². The standard InChI is InChI=1S/C33H36O8/c1-16(2)8-9-20-26-19(11-12-30(4,5)39-26)24(34)23-25(35)21-14-18-15-22-31(6,7)41-32(28(18)36,13-10-17(3)29(37)38)33(21,22)40-27(20)23/h8,10-12,14,18,22,34H,9,13,15H2,1-7H3,(H,37,38)/b17-10+. The summed E-state index contributed by atoms with van der Waals surface area (Å²) in [5.74, 6) is -2.29. The third-order valence-corrected chi connectivity index (χ3v) is 9.37. The maximum atomic E-state index is 14.5. The molecule has 0 aromatic heterocycles. The molecule has 2 fully saturated rings. The fourth-order valence-electron chi connectivity index (χ4n) is 7.44. The predicted octanol–water partition coefficient (Wildman–Crippen LogP) is 5.51. The molecule has 0 radical (unpaired) electrons. The van der Waals surface area contributed by atoms with Crippen LogP contribution in [-0.2, 0) is 20.7 Å². The van der Waals surface area contributed by atoms with Crippen LogP contribution in [0.25, 0.3) is 6.08 Å². The molecule has 2 N–H and O–H groups in total. The average molecular weight is 561 g/mol. The number of carboxylic acid groups (broad SMARTS) is 1. The third-order valence-electron chi connectivity index (χ3n) is 9.37. The van der Waals surface area contributed by atoms with Crippen molar-refractivity contribution in [3.8, 4) is 17.2 Å². The van der Waals surface area contributed by atoms with Crippen LogP contribution in [0.15, 0.2) is 41.0 Å². The minimum Gasteiger partial charge on any atom is -0.506 e. The molecule has 3 aliphatic heterocycles. The summed E-state index contributed by atoms with van der Waals surface area (Å²) in [4.78, 5) is 40.4. The average Bonchev–Trinajstić information content (AvgIpc) is 3.03. The quantitative estimate of drug-likeness (QED) is 0.357. The Hall–Kier alpha value is -3.65. The Morgan fingerprint density at radius 2 is 1.78 bits per heavy atom. The van der Waals surface area contributed by atoms with Crippen LogP contribution in [0, 0.1) is 11.8 Å². The zero-order valence-electron chi connectivity index (χ0n) is 24.5. The Bertz CT molecular complexity index is 1560. The molecule has 1 saturated carbocycles. The molecule has 8 heteroatoms. The zero-order chi connectivity index (χ0) is 29.9. The van der Waals surface area contributed by atoms with Gasteiger partial charge in [-0.15, -0.1) is 0 Å². The number of hydrogen-bond acceptors (Lipinski definition) is 7. The van der Waals surface area contributed by atoms with E-state index < -0.39 is 40.1 Å². The van der Waals surface area contributed by atoms with Gasteiger partial charge >= 0.3 is 5.97 Å². The summed E-state index contributed by atoms with van der Waals surface area (Å²) in [6.07, 6.45) is 9.54. The van der Waals surface area contributed by atoms with Gasteiger partial charge in [-0.2, -0.15) is 0 Å². The summed E-state index contributed by atoms with van der Waals surface area (Å²) in [6, 6.07) is 0. The van der Waals surface area contributed by atoms with Crippen LogP contribution in [0.4, 0.5) is 0 Å². The van der Waals surface area contributed by atoms with Crippen molar-refractivity contribution in [1.29, 1.82) is 0 Å². The minimum atomic E-state index is -1.61. The van der Waals surface area contributed by atoms with Crippen molar-refractivity contribution in [1.82, 2.24) is 0 Å². The van der Waals surface area contributed by atoms with Crippen LogP contribution in [0.1, 0.15) is 82.8 Å². The Balaban J connectivity index is 1.66. The number of Topliss-reactive ketones (excluding diaryl/α,β-unsaturated/α-hetero) is 2. The van der Waals surface area contributed by atoms with Crippen molar-refractivity contribution >= 4 is 23.6 Å². The summed E-state index contributed by atoms with van der Waals surface area (Å²) < 4.78 is 20.1. The molecule has 4 bridgehead atoms. The molecule has 8 nitrogen and oxygen atoms in total. The van der Waals surface area contributed by atoms with Crippen molar-refractivity contribution in [3.05, 3.63) is 57.7 Å². The molecular formula is C33H36O8. The fraction of sp³-hybridized carbons (Fsp3) is 0.485. The van der Waals surface area contributed by atoms with E-state index in [1.54, 1.807) is 12.2 Å². The SMILES string of the molecule is CC(C)=CCc1c2c(c(O)c3c1OC14C(=CC5CC1C(C)(C)OC4(C/C=C(\C)C(=O)O)C5=O)C3=O)C=CC(C)(C)O2. The highest BCUT2D eigenvalue weighted by atomic mass is 16.6. The van der Waals surface area contributed by atoms with Crippen LogP contribution in [-0.4, -0.2) is 50.2 Å². The number of ether oxygens (including phenoxy) is 3. The van der Waals surface area contributed by atoms with Crippen molar-refractivity contribution in [2.24, 2.45) is 11.8 Å². The summed E-state index contributed by atoms with van der Waals surface area (Å²) in [5, 5.41) is 21.1. The van der Waals surface area contributed by atoms with E-state index in [0.29, 0.717) is 35.3 Å². The second-order valence-electron chi connectivity index (χ2n) is 13.2. The predicted molar refractivity (Wildman–Crippen MR) is 151 cm³/mol. The molecule has 1 aromatic carbocycles. The van der Waals surface area contributed by atoms with Gasteiger partial charge in [-0.25, -0.2) is 4.79 Å². The van der Waals surface area contributed by atoms with Gasteiger partial charge in [-0.05, 0) is 73.5 Å². The van der Waals surface area contributed by atoms with Gasteiger partial charge in [0.1, 0.15) is 28.4 Å². The van der Waals surface area contributed by atoms with E-state index in [0.717, 1.165) is 5.57 Å². The molecule has 7 rings (SSSR count). The number of rotatable bonds is 5. The maximum Gasteiger partial charge on any atom is 0.330 e. The minimum absolute atomic E-state index is 0.0513. The molecule has 3 aliphatic carbocycles. The van der Waals surface area contributed by atoms with Gasteiger partial charge in [0.05, 0.1) is 11.2 Å². The Kier molecular flexibility index (Phi) is 5.67. The maximum absolute atomic E-state index is 14.5. The normalized spacial score (nSPS) is 31.4. The number of carbonyl (C=O) groups excluding carboxylic acids is 2. The highest BCUT2D eigenvalue weighted by molar-refractivity contribution is 6.19. The van der Waals surface area contributed by atoms with Crippen LogP contribution >= 0.6 is 0 Å². The molecule has 41 heavy (non-hydrogen) atoms. The van der Waals surface area contributed by atoms with E-state index in [-0.39, 0.29) is 40.8 Å². The van der Waals surface area contributed by atoms with Crippen molar-refractivity contribution < 1.29 is 38.8 Å². The Morgan fingerprint density at radius 1 is 1.07 bits per heavy atom. The fourth-order valence-corrected chi connectivity index (χ4v) is 7.44. The van der Waals surface area contributed by atoms with Crippen molar-refractivity contribution in [3.63, 3.8) is 0 Å². The number of benzene rings is 1. The number of phenolic OH excluding ortho intramolecular Hbond substituents is 1. The lowest BCUT2D eigenvalue weighted by atomic mass is 9.51. The Morgan fingerprint density at radius 3 is 2.44 bits per heavy atom. The van der Waals surface area contributed by atoms with Crippen molar-refractivity contribution in [2.45, 2.75) is 90.1 Å². The van der Waals surface area contributed by atoms with Gasteiger partial charge in [0.15, 0.2) is 22.8 Å². The molecular weight excluding hydrogens is 524 g/mol. The van der Waals surface area contributed by atoms with E-state index in [1.807, 2.05) is 53.7 Å². The third kappa shape index (κ3) is 3.52. The lowest BCUT2D eigenvalue weighted by Gasteiger charge is -2.56. The summed E-state index contributed by atoms with van der Waals surface area (Å²) in [6.45, 7) is 13.0. The molecule has 4 atom stereocenters. The first-order valence-electron chi connectivity index (χ1n) is 14.1. The summed E-state index contributed by atoms with van der Waals surface area (Å²) in [5.41, 5.74) is -2.14. The number of carbonyl (C=O) groups is 3. The van der Waals surface area contributed by atoms with Gasteiger partial charge in [-0.3, -0.25) is 9.59 Å². The van der Waals surface area contributed by atoms with Gasteiger partial charge in [0, 0.05) is 35.0 Å². The molecule has 1 saturated heterocycles. The molecule has 1 aromatic rings. The number of hydrogen-bond donors (Lipinski definition) is 2. The van der Waals surface area contributed by atoms with Gasteiger partial charge < -0.3 is 24.4 Å². The number of carboxylic acids is 1. The number of phenols is 1. The lowest BCUT2D eigenvalue weighted by molar-refractivity contribution is -0.171. The Labute approximate surface area is 239 Å². The number of allylic oxidation sites excluding steroid dienone is 3. The lowest BCUT2D eigenvalue weighted by Crippen LogP contribution is -2.72. The smallest absolute Gasteiger partial charge is 0.330 e. The molecule has 6 aliphatic rings. The molecule has 4 unspecified atom stereocenters. The van der Waals surface area contributed by atoms with Crippen LogP contribution in [0.5, 0.6) is 17.2 Å². The van der Waals surface area contributed by atoms with Gasteiger partial charge in [0.25, 0.3) is 0 Å². The summed E-state index contributed by atoms with van der Waals surface area (Å²) >= 11 is 0. The van der Waals surface area contributed by atoms with E-state index >= 15 is 0 Å². The van der Waals surface area contributed by atoms with E-state index in [9.17, 15) is 24.6 Å². The zero-order valence-corrected chi connectivity index (χ0v) is 24.5. The second-order valence-corrected chi connectivity index (χ2v) is 13.2. The first-order valence-corrected chi connectivity index (χ1v) is 14.1. The molecule has 3 heterocycles. The highest BCUT2D eigenvalue weighted by Crippen LogP contribution is 2.68. The van der Waals surface area contributed by atoms with E-state index in [4.69, 9.17) is 14.2 Å². The summed E-state index contributed by atoms with van der Waals surface area (Å²) in [7, 11) is 0. The number of ketones is 2. The number of fused-ring (bicyclic) bond motifs is 2. The second kappa shape index (κ2) is 8.44. The molecule has 216 valence electrons. The topological polar surface area (TPSA) is 119 Å². The van der Waals surface area contributed by atoms with Gasteiger partial charge in [-0.1, -0.05) is 23.8 Å². The number of aromatic hydroxyl groups is 1. The van der Waals surface area contributed by atoms with E-state index in [1.165, 1.54) is 13.0 Å². The highest BCUT2D eigenvalue weighted by Gasteiger charge is 2.81. The first-order chi connectivity index (χ1) is 19.1. The first kappa shape index (κ1) is 27.5. The van der Waals surface area contributed by atoms with Crippen LogP contribution in [0.3, 0.4) is 0 Å². The molecule has 0 amide bonds. The van der Waals surface area contributed by atoms with Crippen LogP contribution in [0.2, 0.25) is 0 Å². The van der Waals surface area contributed by atoms with E-state index in [2.05, 4.69) is 0 Å². The van der Waals surface area contributed by atoms with Crippen molar-refractivity contribution in [2.75, 3.05) is 0 Å². The van der Waals surface area contributed by atoms with Gasteiger partial charge in [0.2, 0.25) is 0 Å².